The molecule has 0 aromatic heterocycles. The van der Waals surface area contributed by atoms with Crippen LogP contribution in [0.15, 0.2) is 103 Å². The summed E-state index contributed by atoms with van der Waals surface area (Å²) in [7, 11) is 1.45. The number of methoxy groups -OCH3 is 1. The number of nitrogens with two attached hydrogens (primary N) is 1. The van der Waals surface area contributed by atoms with Crippen molar-refractivity contribution in [2.45, 2.75) is 73.8 Å². The van der Waals surface area contributed by atoms with Crippen molar-refractivity contribution in [2.24, 2.45) is 11.7 Å². The number of aliphatic hydroxyl groups is 2. The van der Waals surface area contributed by atoms with E-state index in [1.54, 1.807) is 42.5 Å². The van der Waals surface area contributed by atoms with Crippen LogP contribution in [0.2, 0.25) is 0 Å². The molecule has 3 aliphatic heterocycles. The molecule has 0 radical (unpaired) electrons. The van der Waals surface area contributed by atoms with Gasteiger partial charge < -0.3 is 34.9 Å². The van der Waals surface area contributed by atoms with Crippen molar-refractivity contribution in [3.63, 3.8) is 0 Å². The summed E-state index contributed by atoms with van der Waals surface area (Å²) in [5.41, 5.74) is 5.79. The summed E-state index contributed by atoms with van der Waals surface area (Å²) in [6.45, 7) is -0.410. The molecular weight excluding hydrogens is 779 g/mol. The van der Waals surface area contributed by atoms with Crippen LogP contribution in [0.4, 0.5) is 10.5 Å². The first-order chi connectivity index (χ1) is 29.6. The van der Waals surface area contributed by atoms with Crippen LogP contribution in [0.1, 0.15) is 84.5 Å². The molecule has 3 fully saturated rings. The summed E-state index contributed by atoms with van der Waals surface area (Å²) in [4.78, 5) is 62.3. The molecular formula is C48H49N3O10. The maximum absolute atomic E-state index is 15.9. The Kier molecular flexibility index (Phi) is 12.0. The van der Waals surface area contributed by atoms with Gasteiger partial charge >= 0.3 is 12.1 Å². The first kappa shape index (κ1) is 41.7. The predicted octanol–water partition coefficient (Wildman–Crippen LogP) is 5.43. The van der Waals surface area contributed by atoms with E-state index in [2.05, 4.69) is 11.8 Å². The summed E-state index contributed by atoms with van der Waals surface area (Å²) < 4.78 is 23.0. The van der Waals surface area contributed by atoms with E-state index in [9.17, 15) is 24.6 Å². The van der Waals surface area contributed by atoms with Gasteiger partial charge in [-0.3, -0.25) is 19.3 Å². The highest BCUT2D eigenvalue weighted by Crippen LogP contribution is 2.66. The number of hydrogen-bond acceptors (Lipinski definition) is 11. The van der Waals surface area contributed by atoms with E-state index in [0.29, 0.717) is 35.3 Å². The monoisotopic (exact) mass is 827 g/mol. The number of cyclic esters (lactones) is 1. The van der Waals surface area contributed by atoms with Gasteiger partial charge in [0, 0.05) is 12.7 Å². The van der Waals surface area contributed by atoms with E-state index in [-0.39, 0.29) is 37.7 Å². The van der Waals surface area contributed by atoms with E-state index in [1.165, 1.54) is 7.11 Å². The number of primary amides is 1. The molecule has 8 rings (SSSR count). The van der Waals surface area contributed by atoms with Gasteiger partial charge in [0.2, 0.25) is 11.8 Å². The summed E-state index contributed by atoms with van der Waals surface area (Å²) in [5.74, 6) is 2.44. The SMILES string of the molecule is COCCOC(=O)N1C(=O)[C@@]2(c3cc(C#CC4(O)CCCCCC4)ccc31)[C@H](C(N)=O)[C@H]1C(=O)O[C@H](c3ccccc3)[C@H](c3ccccc3)N1[C@@H]2c1cccc(OCCO)c1. The molecule has 316 valence electrons. The van der Waals surface area contributed by atoms with E-state index in [1.807, 2.05) is 65.6 Å². The van der Waals surface area contributed by atoms with Crippen LogP contribution in [0, 0.1) is 17.8 Å². The Bertz CT molecular complexity index is 2340. The maximum Gasteiger partial charge on any atom is 0.421 e. The Morgan fingerprint density at radius 1 is 0.836 bits per heavy atom. The lowest BCUT2D eigenvalue weighted by Crippen LogP contribution is -2.55. The number of imide groups is 1. The maximum atomic E-state index is 15.9. The average Bonchev–Trinajstić information content (AvgIpc) is 3.61. The number of amides is 3. The lowest BCUT2D eigenvalue weighted by Gasteiger charge is -2.46. The minimum absolute atomic E-state index is 0.0260. The number of anilines is 1. The lowest BCUT2D eigenvalue weighted by molar-refractivity contribution is -0.178. The van der Waals surface area contributed by atoms with Gasteiger partial charge in [-0.1, -0.05) is 97.5 Å². The second-order valence-corrected chi connectivity index (χ2v) is 16.0. The number of hydrogen-bond donors (Lipinski definition) is 3. The third-order valence-corrected chi connectivity index (χ3v) is 12.4. The van der Waals surface area contributed by atoms with Crippen LogP contribution in [0.3, 0.4) is 0 Å². The quantitative estimate of drug-likeness (QED) is 0.0804. The molecule has 4 aromatic carbocycles. The van der Waals surface area contributed by atoms with Crippen molar-refractivity contribution >= 4 is 29.6 Å². The molecule has 61 heavy (non-hydrogen) atoms. The molecule has 13 heteroatoms. The van der Waals surface area contributed by atoms with Crippen molar-refractivity contribution in [3.05, 3.63) is 131 Å². The second-order valence-electron chi connectivity index (χ2n) is 16.0. The molecule has 13 nitrogen and oxygen atoms in total. The molecule has 4 N–H and O–H groups in total. The number of benzene rings is 4. The number of morpholine rings is 1. The Morgan fingerprint density at radius 2 is 1.52 bits per heavy atom. The highest BCUT2D eigenvalue weighted by atomic mass is 16.6. The first-order valence-corrected chi connectivity index (χ1v) is 20.7. The minimum atomic E-state index is -2.07. The average molecular weight is 828 g/mol. The number of ether oxygens (including phenoxy) is 4. The predicted molar refractivity (Wildman–Crippen MR) is 223 cm³/mol. The van der Waals surface area contributed by atoms with Crippen molar-refractivity contribution in [3.8, 4) is 17.6 Å². The van der Waals surface area contributed by atoms with Crippen molar-refractivity contribution < 1.29 is 48.3 Å². The van der Waals surface area contributed by atoms with Gasteiger partial charge in [-0.25, -0.2) is 9.69 Å². The Hall–Kier alpha value is -6.04. The molecule has 1 aliphatic carbocycles. The topological polar surface area (TPSA) is 178 Å². The van der Waals surface area contributed by atoms with E-state index >= 15 is 4.79 Å². The number of rotatable bonds is 10. The van der Waals surface area contributed by atoms with Gasteiger partial charge in [0.1, 0.15) is 42.1 Å². The van der Waals surface area contributed by atoms with Crippen LogP contribution >= 0.6 is 0 Å². The van der Waals surface area contributed by atoms with Crippen LogP contribution < -0.4 is 15.4 Å². The molecule has 3 amide bonds. The van der Waals surface area contributed by atoms with E-state index in [4.69, 9.17) is 24.7 Å². The fraction of sp³-hybridized carbons (Fsp3) is 0.375. The van der Waals surface area contributed by atoms with Crippen molar-refractivity contribution in [1.29, 1.82) is 0 Å². The highest BCUT2D eigenvalue weighted by molar-refractivity contribution is 6.23. The number of aliphatic hydroxyl groups excluding tert-OH is 1. The number of nitrogens with zero attached hydrogens (tertiary/aromatic N) is 2. The lowest BCUT2D eigenvalue weighted by atomic mass is 9.65. The Balaban J connectivity index is 1.42. The molecule has 2 saturated heterocycles. The summed E-state index contributed by atoms with van der Waals surface area (Å²) >= 11 is 0. The Morgan fingerprint density at radius 3 is 2.20 bits per heavy atom. The van der Waals surface area contributed by atoms with Gasteiger partial charge in [0.15, 0.2) is 0 Å². The summed E-state index contributed by atoms with van der Waals surface area (Å²) in [6.07, 6.45) is 2.75. The molecule has 4 aromatic rings. The molecule has 1 saturated carbocycles. The summed E-state index contributed by atoms with van der Waals surface area (Å²) in [5, 5.41) is 21.2. The minimum Gasteiger partial charge on any atom is -0.491 e. The zero-order chi connectivity index (χ0) is 42.7. The van der Waals surface area contributed by atoms with Crippen molar-refractivity contribution in [2.75, 3.05) is 38.4 Å². The van der Waals surface area contributed by atoms with Gasteiger partial charge in [-0.15, -0.1) is 0 Å². The van der Waals surface area contributed by atoms with Crippen LogP contribution in [0.25, 0.3) is 0 Å². The molecule has 4 aliphatic rings. The zero-order valence-corrected chi connectivity index (χ0v) is 33.9. The van der Waals surface area contributed by atoms with Gasteiger partial charge in [-0.05, 0) is 78.3 Å². The summed E-state index contributed by atoms with van der Waals surface area (Å²) in [6, 6.07) is 27.0. The number of carbonyl (C=O) groups is 4. The molecule has 1 spiro atoms. The molecule has 3 heterocycles. The number of carbonyl (C=O) groups excluding carboxylic acids is 4. The largest absolute Gasteiger partial charge is 0.491 e. The molecule has 0 unspecified atom stereocenters. The molecule has 6 atom stereocenters. The fourth-order valence-corrected chi connectivity index (χ4v) is 9.84. The van der Waals surface area contributed by atoms with Crippen molar-refractivity contribution in [1.82, 2.24) is 4.90 Å². The van der Waals surface area contributed by atoms with Crippen LogP contribution in [0.5, 0.6) is 5.75 Å². The van der Waals surface area contributed by atoms with Gasteiger partial charge in [0.25, 0.3) is 0 Å². The van der Waals surface area contributed by atoms with E-state index in [0.717, 1.165) is 36.1 Å². The van der Waals surface area contributed by atoms with Crippen LogP contribution in [-0.2, 0) is 34.0 Å². The third-order valence-electron chi connectivity index (χ3n) is 12.4. The smallest absolute Gasteiger partial charge is 0.421 e. The Labute approximate surface area is 354 Å². The van der Waals surface area contributed by atoms with E-state index < -0.39 is 65.0 Å². The standard InChI is InChI=1S/C48H49N3O10/c1-58-27-28-60-46(56)50-37-20-19-31(21-24-47(57)22-10-2-3-11-23-47)29-36(37)48(45(50)55)38(43(49)53)40-44(54)61-41(33-15-8-5-9-16-33)39(32-13-6-4-7-14-32)51(40)42(48)34-17-12-18-35(30-34)59-26-25-52/h4-9,12-20,29-30,38-42,52,57H,2-3,10-11,22-23,25-28H2,1H3,(H2,49,53)/t38-,39-,40-,41+,42+,48-/m0/s1. The first-order valence-electron chi connectivity index (χ1n) is 20.7. The van der Waals surface area contributed by atoms with Gasteiger partial charge in [0.05, 0.1) is 36.9 Å². The van der Waals surface area contributed by atoms with Gasteiger partial charge in [-0.2, -0.15) is 0 Å². The fourth-order valence-electron chi connectivity index (χ4n) is 9.84. The second kappa shape index (κ2) is 17.5. The molecule has 0 bridgehead atoms. The number of esters is 1. The zero-order valence-electron chi connectivity index (χ0n) is 33.9. The third kappa shape index (κ3) is 7.54. The normalized spacial score (nSPS) is 25.4. The van der Waals surface area contributed by atoms with Crippen LogP contribution in [-0.4, -0.2) is 84.2 Å². The highest BCUT2D eigenvalue weighted by Gasteiger charge is 2.75. The number of fused-ring (bicyclic) bond motifs is 3.